The van der Waals surface area contributed by atoms with Gasteiger partial charge in [0.2, 0.25) is 11.8 Å². The summed E-state index contributed by atoms with van der Waals surface area (Å²) in [6.07, 6.45) is 4.53. The number of rotatable bonds is 11. The molecule has 206 valence electrons. The number of halogens is 4. The minimum Gasteiger partial charge on any atom is -0.352 e. The molecule has 2 amide bonds. The monoisotopic (exact) mass is 622 g/mol. The molecule has 0 spiro atoms. The van der Waals surface area contributed by atoms with Crippen LogP contribution in [0.15, 0.2) is 66.7 Å². The smallest absolute Gasteiger partial charge is 0.243 e. The Labute approximate surface area is 254 Å². The summed E-state index contributed by atoms with van der Waals surface area (Å²) in [6, 6.07) is 19.9. The van der Waals surface area contributed by atoms with E-state index in [1.54, 1.807) is 29.2 Å². The van der Waals surface area contributed by atoms with Crippen molar-refractivity contribution in [1.29, 1.82) is 0 Å². The SMILES string of the molecule is O=C(NC1CCCC1)[C@H](Cc1ccccc1)N(Cc1ccc(Cl)c(Cl)c1)C(=O)CSCc1ccc(Cl)cc1Cl. The number of hydrogen-bond acceptors (Lipinski definition) is 3. The molecule has 1 aliphatic carbocycles. The van der Waals surface area contributed by atoms with Crippen LogP contribution in [0.5, 0.6) is 0 Å². The summed E-state index contributed by atoms with van der Waals surface area (Å²) in [6.45, 7) is 0.230. The van der Waals surface area contributed by atoms with Gasteiger partial charge in [-0.2, -0.15) is 0 Å². The van der Waals surface area contributed by atoms with Crippen molar-refractivity contribution in [3.8, 4) is 0 Å². The molecule has 4 nitrogen and oxygen atoms in total. The van der Waals surface area contributed by atoms with E-state index in [-0.39, 0.29) is 30.2 Å². The van der Waals surface area contributed by atoms with Crippen molar-refractivity contribution in [3.63, 3.8) is 0 Å². The molecule has 1 aliphatic rings. The lowest BCUT2D eigenvalue weighted by molar-refractivity contribution is -0.139. The molecule has 3 aromatic rings. The third kappa shape index (κ3) is 8.80. The second-order valence-electron chi connectivity index (χ2n) is 9.69. The molecule has 0 unspecified atom stereocenters. The van der Waals surface area contributed by atoms with Crippen LogP contribution < -0.4 is 5.32 Å². The maximum Gasteiger partial charge on any atom is 0.243 e. The number of nitrogens with one attached hydrogen (secondary N) is 1. The van der Waals surface area contributed by atoms with Crippen molar-refractivity contribution in [3.05, 3.63) is 104 Å². The second-order valence-corrected chi connectivity index (χ2v) is 12.3. The van der Waals surface area contributed by atoms with E-state index in [2.05, 4.69) is 5.32 Å². The highest BCUT2D eigenvalue weighted by molar-refractivity contribution is 7.99. The summed E-state index contributed by atoms with van der Waals surface area (Å²) < 4.78 is 0. The molecule has 1 saturated carbocycles. The van der Waals surface area contributed by atoms with Crippen molar-refractivity contribution >= 4 is 70.0 Å². The topological polar surface area (TPSA) is 49.4 Å². The molecule has 0 radical (unpaired) electrons. The Hall–Kier alpha value is -1.89. The second kappa shape index (κ2) is 14.7. The van der Waals surface area contributed by atoms with Gasteiger partial charge in [-0.1, -0.05) is 102 Å². The molecule has 1 N–H and O–H groups in total. The molecule has 3 aromatic carbocycles. The van der Waals surface area contributed by atoms with Crippen LogP contribution in [0.25, 0.3) is 0 Å². The van der Waals surface area contributed by atoms with Crippen LogP contribution in [0.2, 0.25) is 20.1 Å². The van der Waals surface area contributed by atoms with Crippen molar-refractivity contribution in [2.75, 3.05) is 5.75 Å². The third-order valence-electron chi connectivity index (χ3n) is 6.81. The van der Waals surface area contributed by atoms with Crippen molar-refractivity contribution in [2.45, 2.75) is 56.5 Å². The van der Waals surface area contributed by atoms with Crippen LogP contribution in [0.1, 0.15) is 42.4 Å². The minimum atomic E-state index is -0.685. The van der Waals surface area contributed by atoms with Gasteiger partial charge in [0.15, 0.2) is 0 Å². The molecule has 4 rings (SSSR count). The highest BCUT2D eigenvalue weighted by Gasteiger charge is 2.32. The van der Waals surface area contributed by atoms with E-state index in [0.717, 1.165) is 42.4 Å². The average molecular weight is 624 g/mol. The normalized spacial score (nSPS) is 14.3. The van der Waals surface area contributed by atoms with E-state index in [9.17, 15) is 9.59 Å². The maximum absolute atomic E-state index is 13.8. The predicted molar refractivity (Wildman–Crippen MR) is 164 cm³/mol. The van der Waals surface area contributed by atoms with Crippen molar-refractivity contribution in [2.24, 2.45) is 0 Å². The van der Waals surface area contributed by atoms with E-state index < -0.39 is 6.04 Å². The first-order valence-corrected chi connectivity index (χ1v) is 15.6. The minimum absolute atomic E-state index is 0.134. The van der Waals surface area contributed by atoms with Gasteiger partial charge in [0, 0.05) is 34.8 Å². The molecule has 9 heteroatoms. The summed E-state index contributed by atoms with van der Waals surface area (Å²) in [4.78, 5) is 29.2. The third-order valence-corrected chi connectivity index (χ3v) is 9.10. The number of amides is 2. The number of nitrogens with zero attached hydrogens (tertiary/aromatic N) is 1. The van der Waals surface area contributed by atoms with Gasteiger partial charge in [0.25, 0.3) is 0 Å². The largest absolute Gasteiger partial charge is 0.352 e. The molecular formula is C30H30Cl4N2O2S. The Morgan fingerprint density at radius 3 is 2.31 bits per heavy atom. The number of carbonyl (C=O) groups excluding carboxylic acids is 2. The number of carbonyl (C=O) groups is 2. The summed E-state index contributed by atoms with van der Waals surface area (Å²) in [5.74, 6) is 0.450. The van der Waals surface area contributed by atoms with Crippen LogP contribution in [-0.4, -0.2) is 34.6 Å². The zero-order chi connectivity index (χ0) is 27.8. The molecule has 0 aromatic heterocycles. The number of thioether (sulfide) groups is 1. The van der Waals surface area contributed by atoms with Crippen LogP contribution in [0, 0.1) is 0 Å². The first kappa shape index (κ1) is 30.1. The fourth-order valence-electron chi connectivity index (χ4n) is 4.73. The molecule has 39 heavy (non-hydrogen) atoms. The molecule has 1 atom stereocenters. The summed E-state index contributed by atoms with van der Waals surface area (Å²) in [5, 5.41) is 5.19. The lowest BCUT2D eigenvalue weighted by Crippen LogP contribution is -2.52. The van der Waals surface area contributed by atoms with Crippen LogP contribution in [-0.2, 0) is 28.3 Å². The van der Waals surface area contributed by atoms with E-state index >= 15 is 0 Å². The fraction of sp³-hybridized carbons (Fsp3) is 0.333. The lowest BCUT2D eigenvalue weighted by Gasteiger charge is -2.32. The van der Waals surface area contributed by atoms with Crippen molar-refractivity contribution in [1.82, 2.24) is 10.2 Å². The zero-order valence-electron chi connectivity index (χ0n) is 21.3. The Morgan fingerprint density at radius 1 is 0.872 bits per heavy atom. The first-order valence-electron chi connectivity index (χ1n) is 12.9. The van der Waals surface area contributed by atoms with E-state index in [4.69, 9.17) is 46.4 Å². The summed E-state index contributed by atoms with van der Waals surface area (Å²) in [5.41, 5.74) is 2.68. The van der Waals surface area contributed by atoms with Gasteiger partial charge in [-0.05, 0) is 53.8 Å². The Balaban J connectivity index is 1.58. The van der Waals surface area contributed by atoms with Crippen LogP contribution in [0.4, 0.5) is 0 Å². The van der Waals surface area contributed by atoms with Crippen LogP contribution in [0.3, 0.4) is 0 Å². The molecule has 1 fully saturated rings. The van der Waals surface area contributed by atoms with Crippen molar-refractivity contribution < 1.29 is 9.59 Å². The van der Waals surface area contributed by atoms with E-state index in [1.807, 2.05) is 42.5 Å². The van der Waals surface area contributed by atoms with E-state index in [1.165, 1.54) is 11.8 Å². The lowest BCUT2D eigenvalue weighted by atomic mass is 10.0. The molecular weight excluding hydrogens is 594 g/mol. The van der Waals surface area contributed by atoms with Gasteiger partial charge in [-0.3, -0.25) is 9.59 Å². The molecule has 0 bridgehead atoms. The highest BCUT2D eigenvalue weighted by Crippen LogP contribution is 2.27. The predicted octanol–water partition coefficient (Wildman–Crippen LogP) is 8.23. The van der Waals surface area contributed by atoms with Gasteiger partial charge < -0.3 is 10.2 Å². The van der Waals surface area contributed by atoms with E-state index in [0.29, 0.717) is 32.3 Å². The van der Waals surface area contributed by atoms with Gasteiger partial charge >= 0.3 is 0 Å². The van der Waals surface area contributed by atoms with Gasteiger partial charge in [0.1, 0.15) is 6.04 Å². The first-order chi connectivity index (χ1) is 18.8. The van der Waals surface area contributed by atoms with Crippen LogP contribution >= 0.6 is 58.2 Å². The maximum atomic E-state index is 13.8. The van der Waals surface area contributed by atoms with Gasteiger partial charge in [-0.25, -0.2) is 0 Å². The standard InChI is InChI=1S/C30H30Cl4N2O2S/c31-23-12-11-22(26(33)16-23)18-39-19-29(37)36(17-21-10-13-25(32)27(34)14-21)28(15-20-6-2-1-3-7-20)30(38)35-24-8-4-5-9-24/h1-3,6-7,10-14,16,24,28H,4-5,8-9,15,17-19H2,(H,35,38)/t28-/m0/s1. The Kier molecular flexibility index (Phi) is 11.3. The summed E-state index contributed by atoms with van der Waals surface area (Å²) >= 11 is 26.3. The summed E-state index contributed by atoms with van der Waals surface area (Å²) in [7, 11) is 0. The number of hydrogen-bond donors (Lipinski definition) is 1. The number of benzene rings is 3. The molecule has 0 heterocycles. The Bertz CT molecular complexity index is 1290. The Morgan fingerprint density at radius 2 is 1.62 bits per heavy atom. The average Bonchev–Trinajstić information content (AvgIpc) is 3.43. The molecule has 0 aliphatic heterocycles. The zero-order valence-corrected chi connectivity index (χ0v) is 25.2. The highest BCUT2D eigenvalue weighted by atomic mass is 35.5. The van der Waals surface area contributed by atoms with Gasteiger partial charge in [0.05, 0.1) is 15.8 Å². The molecule has 0 saturated heterocycles. The quantitative estimate of drug-likeness (QED) is 0.234. The van der Waals surface area contributed by atoms with Gasteiger partial charge in [-0.15, -0.1) is 11.8 Å². The fourth-order valence-corrected chi connectivity index (χ4v) is 6.52.